The summed E-state index contributed by atoms with van der Waals surface area (Å²) in [4.78, 5) is 36.6. The number of H-pyrrole nitrogens is 1. The summed E-state index contributed by atoms with van der Waals surface area (Å²) in [7, 11) is 0. The van der Waals surface area contributed by atoms with Gasteiger partial charge >= 0.3 is 5.69 Å². The number of non-ortho nitro benzene ring substituents is 1. The van der Waals surface area contributed by atoms with E-state index < -0.39 is 16.7 Å². The topological polar surface area (TPSA) is 124 Å². The molecule has 1 heterocycles. The predicted octanol–water partition coefficient (Wildman–Crippen LogP) is 1.10. The minimum Gasteiger partial charge on any atom is -0.324 e. The van der Waals surface area contributed by atoms with Crippen LogP contribution in [0.1, 0.15) is 30.6 Å². The Labute approximate surface area is 131 Å². The average molecular weight is 318 g/mol. The number of nitro groups is 1. The molecule has 0 bridgehead atoms. The summed E-state index contributed by atoms with van der Waals surface area (Å²) >= 11 is 0. The number of nitro benzene ring substituents is 1. The van der Waals surface area contributed by atoms with Crippen LogP contribution in [0.5, 0.6) is 0 Å². The number of rotatable bonds is 6. The molecule has 8 nitrogen and oxygen atoms in total. The zero-order chi connectivity index (χ0) is 17.0. The maximum atomic E-state index is 11.9. The molecule has 8 heteroatoms. The van der Waals surface area contributed by atoms with Crippen molar-refractivity contribution in [3.05, 3.63) is 72.5 Å². The average Bonchev–Trinajstić information content (AvgIpc) is 2.51. The molecule has 0 aliphatic heterocycles. The Morgan fingerprint density at radius 3 is 2.48 bits per heavy atom. The normalized spacial score (nSPS) is 12.1. The summed E-state index contributed by atoms with van der Waals surface area (Å²) < 4.78 is 1.14. The Hall–Kier alpha value is -2.74. The molecule has 3 N–H and O–H groups in total. The number of hydrogen-bond acceptors (Lipinski definition) is 5. The minimum absolute atomic E-state index is 0.0171. The third kappa shape index (κ3) is 3.92. The van der Waals surface area contributed by atoms with Crippen LogP contribution in [0.2, 0.25) is 0 Å². The van der Waals surface area contributed by atoms with E-state index in [9.17, 15) is 19.7 Å². The van der Waals surface area contributed by atoms with E-state index in [1.54, 1.807) is 12.1 Å². The second kappa shape index (κ2) is 7.01. The number of aromatic nitrogens is 2. The van der Waals surface area contributed by atoms with Crippen molar-refractivity contribution in [2.45, 2.75) is 32.4 Å². The highest BCUT2D eigenvalue weighted by Gasteiger charge is 2.12. The molecule has 0 fully saturated rings. The Morgan fingerprint density at radius 1 is 1.30 bits per heavy atom. The summed E-state index contributed by atoms with van der Waals surface area (Å²) in [6, 6.07) is 6.77. The minimum atomic E-state index is -0.486. The van der Waals surface area contributed by atoms with Crippen molar-refractivity contribution >= 4 is 5.69 Å². The molecule has 1 atom stereocenters. The van der Waals surface area contributed by atoms with Crippen LogP contribution in [-0.4, -0.2) is 14.5 Å². The monoisotopic (exact) mass is 318 g/mol. The summed E-state index contributed by atoms with van der Waals surface area (Å²) in [5, 5.41) is 10.6. The lowest BCUT2D eigenvalue weighted by molar-refractivity contribution is -0.384. The van der Waals surface area contributed by atoms with Crippen molar-refractivity contribution in [3.63, 3.8) is 0 Å². The van der Waals surface area contributed by atoms with Gasteiger partial charge in [-0.15, -0.1) is 0 Å². The van der Waals surface area contributed by atoms with Crippen molar-refractivity contribution in [1.29, 1.82) is 0 Å². The van der Waals surface area contributed by atoms with E-state index in [0.29, 0.717) is 24.2 Å². The van der Waals surface area contributed by atoms with Gasteiger partial charge in [-0.25, -0.2) is 4.79 Å². The molecule has 0 radical (unpaired) electrons. The quantitative estimate of drug-likeness (QED) is 0.609. The van der Waals surface area contributed by atoms with E-state index in [1.807, 2.05) is 6.92 Å². The third-order valence-corrected chi connectivity index (χ3v) is 3.50. The van der Waals surface area contributed by atoms with Gasteiger partial charge in [0, 0.05) is 42.9 Å². The lowest BCUT2D eigenvalue weighted by atomic mass is 10.0. The summed E-state index contributed by atoms with van der Waals surface area (Å²) in [5.74, 6) is 0. The van der Waals surface area contributed by atoms with Gasteiger partial charge in [-0.05, 0) is 12.0 Å². The first-order chi connectivity index (χ1) is 10.9. The molecule has 23 heavy (non-hydrogen) atoms. The van der Waals surface area contributed by atoms with Crippen molar-refractivity contribution in [3.8, 4) is 0 Å². The van der Waals surface area contributed by atoms with E-state index in [1.165, 1.54) is 18.2 Å². The number of nitrogens with two attached hydrogens (primary N) is 1. The Kier molecular flexibility index (Phi) is 5.07. The van der Waals surface area contributed by atoms with Gasteiger partial charge < -0.3 is 10.7 Å². The lowest BCUT2D eigenvalue weighted by Gasteiger charge is -2.12. The number of hydrogen-bond donors (Lipinski definition) is 2. The molecule has 1 aromatic carbocycles. The zero-order valence-corrected chi connectivity index (χ0v) is 12.7. The molecular formula is C15H18N4O4. The highest BCUT2D eigenvalue weighted by Crippen LogP contribution is 2.18. The number of nitrogens with one attached hydrogen (secondary N) is 1. The Balaban J connectivity index is 2.20. The van der Waals surface area contributed by atoms with Crippen molar-refractivity contribution in [2.75, 3.05) is 0 Å². The maximum Gasteiger partial charge on any atom is 0.328 e. The molecule has 0 spiro atoms. The van der Waals surface area contributed by atoms with Crippen molar-refractivity contribution in [1.82, 2.24) is 9.55 Å². The third-order valence-electron chi connectivity index (χ3n) is 3.50. The largest absolute Gasteiger partial charge is 0.328 e. The van der Waals surface area contributed by atoms with Crippen LogP contribution in [0.3, 0.4) is 0 Å². The molecule has 0 saturated heterocycles. The number of benzene rings is 1. The zero-order valence-electron chi connectivity index (χ0n) is 12.7. The fraction of sp³-hybridized carbons (Fsp3) is 0.333. The van der Waals surface area contributed by atoms with Gasteiger partial charge in [-0.2, -0.15) is 0 Å². The molecule has 1 aromatic heterocycles. The van der Waals surface area contributed by atoms with E-state index >= 15 is 0 Å². The SMILES string of the molecule is CCCn1c(=O)cc(CC(N)c2ccc([N+](=O)[O-])cc2)[nH]c1=O. The van der Waals surface area contributed by atoms with Gasteiger partial charge in [-0.1, -0.05) is 19.1 Å². The molecule has 0 saturated carbocycles. The molecule has 0 aliphatic rings. The smallest absolute Gasteiger partial charge is 0.324 e. The van der Waals surface area contributed by atoms with Crippen LogP contribution < -0.4 is 17.0 Å². The van der Waals surface area contributed by atoms with E-state index in [4.69, 9.17) is 5.73 Å². The lowest BCUT2D eigenvalue weighted by Crippen LogP contribution is -2.36. The van der Waals surface area contributed by atoms with Crippen LogP contribution in [0.25, 0.3) is 0 Å². The van der Waals surface area contributed by atoms with Gasteiger partial charge in [0.15, 0.2) is 0 Å². The van der Waals surface area contributed by atoms with Crippen LogP contribution in [-0.2, 0) is 13.0 Å². The van der Waals surface area contributed by atoms with Gasteiger partial charge in [0.1, 0.15) is 0 Å². The first-order valence-electron chi connectivity index (χ1n) is 7.25. The van der Waals surface area contributed by atoms with E-state index in [0.717, 1.165) is 4.57 Å². The Bertz CT molecular complexity index is 776. The highest BCUT2D eigenvalue weighted by atomic mass is 16.6. The summed E-state index contributed by atoms with van der Waals surface area (Å²) in [5.41, 5.74) is 6.35. The number of aromatic amines is 1. The van der Waals surface area contributed by atoms with Crippen LogP contribution in [0.15, 0.2) is 39.9 Å². The second-order valence-electron chi connectivity index (χ2n) is 5.25. The highest BCUT2D eigenvalue weighted by molar-refractivity contribution is 5.34. The standard InChI is InChI=1S/C15H18N4O4/c1-2-7-18-14(20)9-11(17-15(18)21)8-13(16)10-3-5-12(6-4-10)19(22)23/h3-6,9,13H,2,7-8,16H2,1H3,(H,17,21). The van der Waals surface area contributed by atoms with Crippen LogP contribution in [0.4, 0.5) is 5.69 Å². The Morgan fingerprint density at radius 2 is 1.96 bits per heavy atom. The fourth-order valence-corrected chi connectivity index (χ4v) is 2.31. The maximum absolute atomic E-state index is 11.9. The molecule has 122 valence electrons. The summed E-state index contributed by atoms with van der Waals surface area (Å²) in [6.07, 6.45) is 0.944. The van der Waals surface area contributed by atoms with Gasteiger partial charge in [-0.3, -0.25) is 19.5 Å². The van der Waals surface area contributed by atoms with Crippen molar-refractivity contribution in [2.24, 2.45) is 5.73 Å². The predicted molar refractivity (Wildman–Crippen MR) is 85.3 cm³/mol. The fourth-order valence-electron chi connectivity index (χ4n) is 2.31. The molecule has 2 rings (SSSR count). The van der Waals surface area contributed by atoms with E-state index in [-0.39, 0.29) is 17.7 Å². The van der Waals surface area contributed by atoms with Gasteiger partial charge in [0.2, 0.25) is 0 Å². The van der Waals surface area contributed by atoms with E-state index in [2.05, 4.69) is 4.98 Å². The first-order valence-corrected chi connectivity index (χ1v) is 7.25. The van der Waals surface area contributed by atoms with Crippen molar-refractivity contribution < 1.29 is 4.92 Å². The molecular weight excluding hydrogens is 300 g/mol. The molecule has 1 unspecified atom stereocenters. The number of nitrogens with zero attached hydrogens (tertiary/aromatic N) is 2. The van der Waals surface area contributed by atoms with Crippen LogP contribution >= 0.6 is 0 Å². The second-order valence-corrected chi connectivity index (χ2v) is 5.25. The molecule has 0 aliphatic carbocycles. The molecule has 2 aromatic rings. The van der Waals surface area contributed by atoms with Crippen LogP contribution in [0, 0.1) is 10.1 Å². The summed E-state index contributed by atoms with van der Waals surface area (Å²) in [6.45, 7) is 2.24. The molecule has 0 amide bonds. The first kappa shape index (κ1) is 16.6. The van der Waals surface area contributed by atoms with Gasteiger partial charge in [0.25, 0.3) is 11.2 Å². The van der Waals surface area contributed by atoms with Gasteiger partial charge in [0.05, 0.1) is 4.92 Å².